The molecule has 2 aromatic heterocycles. The van der Waals surface area contributed by atoms with Gasteiger partial charge in [0, 0.05) is 28.3 Å². The van der Waals surface area contributed by atoms with Crippen LogP contribution in [0.2, 0.25) is 5.02 Å². The fraction of sp³-hybridized carbons (Fsp3) is 0.167. The fourth-order valence-electron chi connectivity index (χ4n) is 3.61. The molecule has 7 heteroatoms. The van der Waals surface area contributed by atoms with E-state index in [2.05, 4.69) is 22.9 Å². The van der Waals surface area contributed by atoms with Gasteiger partial charge in [-0.1, -0.05) is 41.9 Å². The van der Waals surface area contributed by atoms with E-state index >= 15 is 0 Å². The van der Waals surface area contributed by atoms with E-state index in [0.29, 0.717) is 17.1 Å². The average molecular weight is 451 g/mol. The maximum absolute atomic E-state index is 12.0. The van der Waals surface area contributed by atoms with Crippen LogP contribution in [0.1, 0.15) is 27.2 Å². The first kappa shape index (κ1) is 21.2. The van der Waals surface area contributed by atoms with Crippen LogP contribution in [0.25, 0.3) is 11.4 Å². The number of hydrogen-bond donors (Lipinski definition) is 2. The van der Waals surface area contributed by atoms with Crippen LogP contribution in [0.15, 0.2) is 60.0 Å². The lowest BCUT2D eigenvalue weighted by Crippen LogP contribution is -2.13. The first-order chi connectivity index (χ1) is 14.9. The predicted octanol–water partition coefficient (Wildman–Crippen LogP) is 5.97. The van der Waals surface area contributed by atoms with E-state index < -0.39 is 5.91 Å². The molecule has 0 atom stereocenters. The molecule has 0 bridgehead atoms. The summed E-state index contributed by atoms with van der Waals surface area (Å²) in [7, 11) is 0. The topological polar surface area (TPSA) is 72.9 Å². The van der Waals surface area contributed by atoms with E-state index in [9.17, 15) is 4.79 Å². The van der Waals surface area contributed by atoms with Crippen LogP contribution in [0.3, 0.4) is 0 Å². The number of anilines is 2. The second-order valence-corrected chi connectivity index (χ2v) is 8.70. The summed E-state index contributed by atoms with van der Waals surface area (Å²) < 4.78 is 2.10. The van der Waals surface area contributed by atoms with E-state index in [4.69, 9.17) is 22.3 Å². The van der Waals surface area contributed by atoms with Crippen LogP contribution in [0.4, 0.5) is 10.8 Å². The number of amides is 1. The molecular formula is C24H23ClN4OS. The molecule has 0 unspecified atom stereocenters. The normalized spacial score (nSPS) is 10.9. The number of para-hydroxylation sites is 1. The van der Waals surface area contributed by atoms with Crippen LogP contribution in [-0.4, -0.2) is 15.5 Å². The highest BCUT2D eigenvalue weighted by molar-refractivity contribution is 7.14. The summed E-state index contributed by atoms with van der Waals surface area (Å²) in [6.07, 6.45) is 0.778. The molecule has 0 aliphatic heterocycles. The third kappa shape index (κ3) is 4.65. The number of nitrogens with two attached hydrogens (primary N) is 1. The van der Waals surface area contributed by atoms with Gasteiger partial charge in [0.05, 0.1) is 17.0 Å². The minimum absolute atomic E-state index is 0.436. The summed E-state index contributed by atoms with van der Waals surface area (Å²) in [5.41, 5.74) is 12.0. The number of carbonyl (C=O) groups is 1. The SMILES string of the molecule is Cc1ccccc1Nc1nc(-c2cc(C(N)=O)c(C)n2CCc2cccc(Cl)c2)cs1. The van der Waals surface area contributed by atoms with Crippen molar-refractivity contribution in [1.82, 2.24) is 9.55 Å². The lowest BCUT2D eigenvalue weighted by atomic mass is 10.1. The maximum Gasteiger partial charge on any atom is 0.250 e. The number of hydrogen-bond acceptors (Lipinski definition) is 4. The third-order valence-electron chi connectivity index (χ3n) is 5.30. The van der Waals surface area contributed by atoms with Crippen LogP contribution in [0.5, 0.6) is 0 Å². The number of aromatic nitrogens is 2. The summed E-state index contributed by atoms with van der Waals surface area (Å²) >= 11 is 7.65. The summed E-state index contributed by atoms with van der Waals surface area (Å²) in [6.45, 7) is 4.66. The number of benzene rings is 2. The van der Waals surface area contributed by atoms with Gasteiger partial charge in [-0.15, -0.1) is 11.3 Å². The van der Waals surface area contributed by atoms with E-state index in [-0.39, 0.29) is 0 Å². The molecule has 31 heavy (non-hydrogen) atoms. The minimum Gasteiger partial charge on any atom is -0.366 e. The van der Waals surface area contributed by atoms with Gasteiger partial charge in [0.1, 0.15) is 0 Å². The molecule has 0 aliphatic rings. The molecule has 2 aromatic carbocycles. The van der Waals surface area contributed by atoms with E-state index in [1.165, 1.54) is 11.3 Å². The van der Waals surface area contributed by atoms with Gasteiger partial charge in [-0.3, -0.25) is 4.79 Å². The summed E-state index contributed by atoms with van der Waals surface area (Å²) in [5, 5.41) is 6.89. The zero-order chi connectivity index (χ0) is 22.0. The molecule has 0 radical (unpaired) electrons. The number of rotatable bonds is 7. The molecule has 2 heterocycles. The molecule has 0 spiro atoms. The second kappa shape index (κ2) is 8.96. The Morgan fingerprint density at radius 3 is 2.71 bits per heavy atom. The highest BCUT2D eigenvalue weighted by Gasteiger charge is 2.19. The van der Waals surface area contributed by atoms with Crippen molar-refractivity contribution in [3.8, 4) is 11.4 Å². The maximum atomic E-state index is 12.0. The molecule has 3 N–H and O–H groups in total. The molecular weight excluding hydrogens is 428 g/mol. The van der Waals surface area contributed by atoms with Crippen molar-refractivity contribution in [1.29, 1.82) is 0 Å². The molecule has 4 aromatic rings. The Hall–Kier alpha value is -3.09. The van der Waals surface area contributed by atoms with Gasteiger partial charge in [0.15, 0.2) is 5.13 Å². The van der Waals surface area contributed by atoms with Crippen molar-refractivity contribution >= 4 is 39.7 Å². The van der Waals surface area contributed by atoms with Crippen LogP contribution < -0.4 is 11.1 Å². The van der Waals surface area contributed by atoms with Gasteiger partial charge in [0.25, 0.3) is 5.91 Å². The molecule has 0 aliphatic carbocycles. The van der Waals surface area contributed by atoms with Crippen molar-refractivity contribution < 1.29 is 4.79 Å². The van der Waals surface area contributed by atoms with Gasteiger partial charge >= 0.3 is 0 Å². The van der Waals surface area contributed by atoms with Gasteiger partial charge in [-0.25, -0.2) is 4.98 Å². The minimum atomic E-state index is -0.436. The number of carbonyl (C=O) groups excluding carboxylic acids is 1. The quantitative estimate of drug-likeness (QED) is 0.364. The van der Waals surface area contributed by atoms with E-state index in [1.54, 1.807) is 0 Å². The van der Waals surface area contributed by atoms with Gasteiger partial charge in [-0.2, -0.15) is 0 Å². The summed E-state index contributed by atoms with van der Waals surface area (Å²) in [6, 6.07) is 17.7. The van der Waals surface area contributed by atoms with Crippen molar-refractivity contribution in [3.63, 3.8) is 0 Å². The van der Waals surface area contributed by atoms with Gasteiger partial charge < -0.3 is 15.6 Å². The van der Waals surface area contributed by atoms with Crippen molar-refractivity contribution in [3.05, 3.63) is 87.4 Å². The monoisotopic (exact) mass is 450 g/mol. The molecule has 0 saturated heterocycles. The zero-order valence-electron chi connectivity index (χ0n) is 17.4. The van der Waals surface area contributed by atoms with Crippen LogP contribution in [0, 0.1) is 13.8 Å². The lowest BCUT2D eigenvalue weighted by molar-refractivity contribution is 0.0999. The first-order valence-corrected chi connectivity index (χ1v) is 11.2. The summed E-state index contributed by atoms with van der Waals surface area (Å²) in [4.78, 5) is 16.8. The number of nitrogens with one attached hydrogen (secondary N) is 1. The molecule has 0 saturated carbocycles. The first-order valence-electron chi connectivity index (χ1n) is 9.95. The number of nitrogens with zero attached hydrogens (tertiary/aromatic N) is 2. The third-order valence-corrected chi connectivity index (χ3v) is 6.29. The number of halogens is 1. The molecule has 5 nitrogen and oxygen atoms in total. The number of primary amides is 1. The Morgan fingerprint density at radius 1 is 1.16 bits per heavy atom. The average Bonchev–Trinajstić information content (AvgIpc) is 3.32. The number of aryl methyl sites for hydroxylation is 2. The van der Waals surface area contributed by atoms with Crippen LogP contribution >= 0.6 is 22.9 Å². The zero-order valence-corrected chi connectivity index (χ0v) is 18.9. The lowest BCUT2D eigenvalue weighted by Gasteiger charge is -2.11. The Labute approximate surface area is 190 Å². The van der Waals surface area contributed by atoms with Gasteiger partial charge in [-0.05, 0) is 55.7 Å². The van der Waals surface area contributed by atoms with Crippen molar-refractivity contribution in [2.24, 2.45) is 5.73 Å². The second-order valence-electron chi connectivity index (χ2n) is 7.40. The largest absolute Gasteiger partial charge is 0.366 e. The van der Waals surface area contributed by atoms with Crippen molar-refractivity contribution in [2.45, 2.75) is 26.8 Å². The van der Waals surface area contributed by atoms with E-state index in [1.807, 2.05) is 60.8 Å². The Morgan fingerprint density at radius 2 is 1.97 bits per heavy atom. The number of thiazole rings is 1. The van der Waals surface area contributed by atoms with E-state index in [0.717, 1.165) is 45.4 Å². The molecule has 0 fully saturated rings. The Balaban J connectivity index is 1.64. The Bertz CT molecular complexity index is 1240. The smallest absolute Gasteiger partial charge is 0.250 e. The Kier molecular flexibility index (Phi) is 6.11. The molecule has 1 amide bonds. The van der Waals surface area contributed by atoms with Gasteiger partial charge in [0.2, 0.25) is 0 Å². The highest BCUT2D eigenvalue weighted by Crippen LogP contribution is 2.31. The highest BCUT2D eigenvalue weighted by atomic mass is 35.5. The fourth-order valence-corrected chi connectivity index (χ4v) is 4.54. The summed E-state index contributed by atoms with van der Waals surface area (Å²) in [5.74, 6) is -0.436. The standard InChI is InChI=1S/C24H23ClN4OS/c1-15-6-3-4-9-20(15)27-24-28-21(14-31-24)22-13-19(23(26)30)16(2)29(22)11-10-17-7-5-8-18(25)12-17/h3-9,12-14H,10-11H2,1-2H3,(H2,26,30)(H,27,28). The predicted molar refractivity (Wildman–Crippen MR) is 128 cm³/mol. The van der Waals surface area contributed by atoms with Crippen molar-refractivity contribution in [2.75, 3.05) is 5.32 Å². The van der Waals surface area contributed by atoms with Crippen LogP contribution in [-0.2, 0) is 13.0 Å². The molecule has 4 rings (SSSR count). The molecule has 158 valence electrons.